The summed E-state index contributed by atoms with van der Waals surface area (Å²) >= 11 is 0. The third-order valence-electron chi connectivity index (χ3n) is 3.03. The Hall–Kier alpha value is -1.44. The Morgan fingerprint density at radius 2 is 2.29 bits per heavy atom. The number of rotatable bonds is 6. The van der Waals surface area contributed by atoms with Crippen LogP contribution in [0.5, 0.6) is 0 Å². The van der Waals surface area contributed by atoms with E-state index < -0.39 is 0 Å². The van der Waals surface area contributed by atoms with Gasteiger partial charge in [-0.3, -0.25) is 4.99 Å². The van der Waals surface area contributed by atoms with Crippen molar-refractivity contribution < 1.29 is 0 Å². The van der Waals surface area contributed by atoms with Crippen molar-refractivity contribution >= 4 is 11.9 Å². The molecule has 1 atom stereocenters. The first-order chi connectivity index (χ1) is 8.27. The molecule has 0 heterocycles. The summed E-state index contributed by atoms with van der Waals surface area (Å²) in [5, 5.41) is 7.54. The Kier molecular flexibility index (Phi) is 6.23. The summed E-state index contributed by atoms with van der Waals surface area (Å²) < 4.78 is 0. The third-order valence-corrected chi connectivity index (χ3v) is 3.03. The van der Waals surface area contributed by atoms with Crippen LogP contribution in [0, 0.1) is 11.3 Å². The second-order valence-corrected chi connectivity index (χ2v) is 4.29. The smallest absolute Gasteiger partial charge is 0.0397 e. The van der Waals surface area contributed by atoms with Crippen molar-refractivity contribution in [1.29, 1.82) is 5.41 Å². The van der Waals surface area contributed by atoms with Gasteiger partial charge in [-0.1, -0.05) is 42.9 Å². The maximum absolute atomic E-state index is 7.54. The van der Waals surface area contributed by atoms with E-state index in [2.05, 4.69) is 43.1 Å². The predicted octanol–water partition coefficient (Wildman–Crippen LogP) is 3.96. The SMILES string of the molecule is CCC(C)=NCCC(C=N)C1=CC=CC=CC1. The molecule has 0 saturated heterocycles. The lowest BCUT2D eigenvalue weighted by Crippen LogP contribution is -2.07. The van der Waals surface area contributed by atoms with E-state index in [0.717, 1.165) is 25.8 Å². The molecule has 0 aliphatic heterocycles. The van der Waals surface area contributed by atoms with E-state index in [1.807, 2.05) is 6.08 Å². The lowest BCUT2D eigenvalue weighted by molar-refractivity contribution is 0.712. The first kappa shape index (κ1) is 13.6. The van der Waals surface area contributed by atoms with Crippen molar-refractivity contribution in [3.63, 3.8) is 0 Å². The predicted molar refractivity (Wildman–Crippen MR) is 76.1 cm³/mol. The molecule has 0 amide bonds. The van der Waals surface area contributed by atoms with Gasteiger partial charge in [-0.2, -0.15) is 0 Å². The summed E-state index contributed by atoms with van der Waals surface area (Å²) in [4.78, 5) is 4.50. The summed E-state index contributed by atoms with van der Waals surface area (Å²) in [5.74, 6) is 0.232. The van der Waals surface area contributed by atoms with Crippen molar-refractivity contribution in [2.24, 2.45) is 10.9 Å². The lowest BCUT2D eigenvalue weighted by Gasteiger charge is -2.13. The van der Waals surface area contributed by atoms with Gasteiger partial charge >= 0.3 is 0 Å². The molecule has 17 heavy (non-hydrogen) atoms. The molecule has 0 aromatic rings. The van der Waals surface area contributed by atoms with Crippen LogP contribution in [0.4, 0.5) is 0 Å². The van der Waals surface area contributed by atoms with E-state index in [1.54, 1.807) is 6.21 Å². The Labute approximate surface area is 104 Å². The molecule has 1 unspecified atom stereocenters. The molecule has 1 rings (SSSR count). The van der Waals surface area contributed by atoms with Crippen LogP contribution >= 0.6 is 0 Å². The molecule has 0 saturated carbocycles. The summed E-state index contributed by atoms with van der Waals surface area (Å²) in [7, 11) is 0. The van der Waals surface area contributed by atoms with Crippen molar-refractivity contribution in [2.75, 3.05) is 6.54 Å². The largest absolute Gasteiger partial charge is 0.312 e. The van der Waals surface area contributed by atoms with Gasteiger partial charge in [0.15, 0.2) is 0 Å². The van der Waals surface area contributed by atoms with E-state index in [9.17, 15) is 0 Å². The van der Waals surface area contributed by atoms with Gasteiger partial charge in [-0.05, 0) is 26.2 Å². The van der Waals surface area contributed by atoms with Crippen LogP contribution in [0.25, 0.3) is 0 Å². The second kappa shape index (κ2) is 7.77. The Balaban J connectivity index is 2.54. The fourth-order valence-corrected chi connectivity index (χ4v) is 1.75. The Bertz CT molecular complexity index is 359. The number of aliphatic imine (C=N–C) groups is 1. The monoisotopic (exact) mass is 230 g/mol. The highest BCUT2D eigenvalue weighted by atomic mass is 14.7. The molecule has 0 bridgehead atoms. The number of allylic oxidation sites excluding steroid dienone is 6. The molecule has 2 nitrogen and oxygen atoms in total. The van der Waals surface area contributed by atoms with Crippen LogP contribution in [0.2, 0.25) is 0 Å². The van der Waals surface area contributed by atoms with Gasteiger partial charge in [-0.25, -0.2) is 0 Å². The number of nitrogens with zero attached hydrogens (tertiary/aromatic N) is 1. The topological polar surface area (TPSA) is 36.2 Å². The van der Waals surface area contributed by atoms with E-state index in [1.165, 1.54) is 11.3 Å². The van der Waals surface area contributed by atoms with Crippen LogP contribution in [-0.2, 0) is 0 Å². The van der Waals surface area contributed by atoms with E-state index in [-0.39, 0.29) is 5.92 Å². The van der Waals surface area contributed by atoms with Crippen LogP contribution in [0.15, 0.2) is 40.9 Å². The third kappa shape index (κ3) is 4.94. The average Bonchev–Trinajstić information content (AvgIpc) is 2.63. The van der Waals surface area contributed by atoms with Crippen molar-refractivity contribution in [1.82, 2.24) is 0 Å². The van der Waals surface area contributed by atoms with Crippen molar-refractivity contribution in [2.45, 2.75) is 33.1 Å². The summed E-state index contributed by atoms with van der Waals surface area (Å²) in [6.45, 7) is 5.01. The summed E-state index contributed by atoms with van der Waals surface area (Å²) in [5.41, 5.74) is 2.51. The van der Waals surface area contributed by atoms with Gasteiger partial charge in [0.1, 0.15) is 0 Å². The fraction of sp³-hybridized carbons (Fsp3) is 0.467. The molecule has 1 aliphatic rings. The number of nitrogens with one attached hydrogen (secondary N) is 1. The minimum atomic E-state index is 0.232. The molecule has 2 heteroatoms. The molecular weight excluding hydrogens is 208 g/mol. The van der Waals surface area contributed by atoms with E-state index in [0.29, 0.717) is 0 Å². The van der Waals surface area contributed by atoms with Gasteiger partial charge in [0.05, 0.1) is 0 Å². The normalized spacial score (nSPS) is 17.5. The quantitative estimate of drug-likeness (QED) is 0.671. The van der Waals surface area contributed by atoms with Gasteiger partial charge < -0.3 is 5.41 Å². The molecule has 1 N–H and O–H groups in total. The summed E-state index contributed by atoms with van der Waals surface area (Å²) in [6, 6.07) is 0. The lowest BCUT2D eigenvalue weighted by atomic mass is 9.94. The van der Waals surface area contributed by atoms with Gasteiger partial charge in [0, 0.05) is 24.4 Å². The minimum absolute atomic E-state index is 0.232. The minimum Gasteiger partial charge on any atom is -0.312 e. The molecule has 0 aromatic heterocycles. The zero-order valence-corrected chi connectivity index (χ0v) is 10.8. The maximum Gasteiger partial charge on any atom is 0.0397 e. The van der Waals surface area contributed by atoms with Gasteiger partial charge in [-0.15, -0.1) is 0 Å². The van der Waals surface area contributed by atoms with Gasteiger partial charge in [0.2, 0.25) is 0 Å². The first-order valence-corrected chi connectivity index (χ1v) is 6.30. The molecule has 0 fully saturated rings. The fourth-order valence-electron chi connectivity index (χ4n) is 1.75. The van der Waals surface area contributed by atoms with Crippen LogP contribution < -0.4 is 0 Å². The number of hydrogen-bond donors (Lipinski definition) is 1. The van der Waals surface area contributed by atoms with Crippen molar-refractivity contribution in [3.05, 3.63) is 36.0 Å². The standard InChI is InChI=1S/C15H22N2/c1-3-13(2)17-11-10-15(12-16)14-8-6-4-5-7-9-14/h4-8,12,15-16H,3,9-11H2,1-2H3. The highest BCUT2D eigenvalue weighted by Gasteiger charge is 2.10. The molecule has 92 valence electrons. The Morgan fingerprint density at radius 3 is 3.00 bits per heavy atom. The van der Waals surface area contributed by atoms with Gasteiger partial charge in [0.25, 0.3) is 0 Å². The molecule has 0 aromatic carbocycles. The maximum atomic E-state index is 7.54. The molecule has 0 radical (unpaired) electrons. The number of hydrogen-bond acceptors (Lipinski definition) is 2. The highest BCUT2D eigenvalue weighted by Crippen LogP contribution is 2.19. The first-order valence-electron chi connectivity index (χ1n) is 6.30. The zero-order chi connectivity index (χ0) is 12.5. The van der Waals surface area contributed by atoms with Crippen molar-refractivity contribution in [3.8, 4) is 0 Å². The van der Waals surface area contributed by atoms with Crippen LogP contribution in [-0.4, -0.2) is 18.5 Å². The average molecular weight is 230 g/mol. The van der Waals surface area contributed by atoms with E-state index >= 15 is 0 Å². The molecule has 0 spiro atoms. The second-order valence-electron chi connectivity index (χ2n) is 4.29. The van der Waals surface area contributed by atoms with Crippen LogP contribution in [0.3, 0.4) is 0 Å². The van der Waals surface area contributed by atoms with E-state index in [4.69, 9.17) is 5.41 Å². The summed E-state index contributed by atoms with van der Waals surface area (Å²) in [6.07, 6.45) is 14.9. The molecular formula is C15H22N2. The zero-order valence-electron chi connectivity index (χ0n) is 10.8. The Morgan fingerprint density at radius 1 is 1.47 bits per heavy atom. The van der Waals surface area contributed by atoms with Crippen LogP contribution in [0.1, 0.15) is 33.1 Å². The molecule has 1 aliphatic carbocycles. The highest BCUT2D eigenvalue weighted by molar-refractivity contribution is 5.81.